The van der Waals surface area contributed by atoms with Gasteiger partial charge in [-0.05, 0) is 35.2 Å². The molecule has 2 aromatic carbocycles. The van der Waals surface area contributed by atoms with Gasteiger partial charge < -0.3 is 14.9 Å². The number of fused-ring (bicyclic) bond motifs is 2. The molecule has 0 bridgehead atoms. The summed E-state index contributed by atoms with van der Waals surface area (Å²) in [5.74, 6) is 0.122. The van der Waals surface area contributed by atoms with E-state index in [4.69, 9.17) is 0 Å². The number of aromatic amines is 2. The third-order valence-corrected chi connectivity index (χ3v) is 4.42. The maximum atomic E-state index is 12.6. The molecule has 23 heavy (non-hydrogen) atoms. The lowest BCUT2D eigenvalue weighted by Crippen LogP contribution is -2.36. The SMILES string of the molecule is O=C(Cc1ccc2[nH]c(=O)[nH]c2c1)N1CCc2ccccc2C1. The van der Waals surface area contributed by atoms with Crippen LogP contribution in [-0.4, -0.2) is 27.3 Å². The molecule has 5 heteroatoms. The Morgan fingerprint density at radius 3 is 2.70 bits per heavy atom. The number of aromatic nitrogens is 2. The third kappa shape index (κ3) is 2.65. The van der Waals surface area contributed by atoms with E-state index in [-0.39, 0.29) is 11.6 Å². The van der Waals surface area contributed by atoms with Crippen molar-refractivity contribution < 1.29 is 4.79 Å². The molecule has 3 aromatic rings. The number of carbonyl (C=O) groups is 1. The minimum atomic E-state index is -0.226. The Kier molecular flexibility index (Phi) is 3.26. The first kappa shape index (κ1) is 13.8. The van der Waals surface area contributed by atoms with Gasteiger partial charge in [0, 0.05) is 13.1 Å². The predicted octanol–water partition coefficient (Wildman–Crippen LogP) is 1.98. The Hall–Kier alpha value is -2.82. The Labute approximate surface area is 133 Å². The van der Waals surface area contributed by atoms with E-state index in [1.165, 1.54) is 11.1 Å². The van der Waals surface area contributed by atoms with E-state index in [0.29, 0.717) is 13.0 Å². The second-order valence-corrected chi connectivity index (χ2v) is 5.97. The van der Waals surface area contributed by atoms with Crippen molar-refractivity contribution in [3.63, 3.8) is 0 Å². The lowest BCUT2D eigenvalue weighted by molar-refractivity contribution is -0.131. The zero-order valence-electron chi connectivity index (χ0n) is 12.6. The number of hydrogen-bond acceptors (Lipinski definition) is 2. The molecule has 0 saturated carbocycles. The zero-order valence-corrected chi connectivity index (χ0v) is 12.6. The van der Waals surface area contributed by atoms with Gasteiger partial charge in [-0.2, -0.15) is 0 Å². The third-order valence-electron chi connectivity index (χ3n) is 4.42. The van der Waals surface area contributed by atoms with Gasteiger partial charge in [0.2, 0.25) is 5.91 Å². The van der Waals surface area contributed by atoms with Crippen LogP contribution in [0.2, 0.25) is 0 Å². The molecule has 4 rings (SSSR count). The monoisotopic (exact) mass is 307 g/mol. The summed E-state index contributed by atoms with van der Waals surface area (Å²) in [5.41, 5.74) is 4.76. The van der Waals surface area contributed by atoms with Crippen LogP contribution in [-0.2, 0) is 24.2 Å². The van der Waals surface area contributed by atoms with Crippen LogP contribution in [0.15, 0.2) is 47.3 Å². The number of imidazole rings is 1. The highest BCUT2D eigenvalue weighted by Gasteiger charge is 2.20. The van der Waals surface area contributed by atoms with E-state index in [2.05, 4.69) is 22.1 Å². The Bertz CT molecular complexity index is 939. The molecule has 1 aliphatic heterocycles. The van der Waals surface area contributed by atoms with Crippen LogP contribution in [0.1, 0.15) is 16.7 Å². The number of benzene rings is 2. The van der Waals surface area contributed by atoms with Crippen LogP contribution in [0.3, 0.4) is 0 Å². The summed E-state index contributed by atoms with van der Waals surface area (Å²) in [6.45, 7) is 1.44. The smallest absolute Gasteiger partial charge is 0.323 e. The van der Waals surface area contributed by atoms with Crippen LogP contribution in [0.25, 0.3) is 11.0 Å². The van der Waals surface area contributed by atoms with Crippen molar-refractivity contribution in [2.45, 2.75) is 19.4 Å². The van der Waals surface area contributed by atoms with Crippen molar-refractivity contribution in [3.8, 4) is 0 Å². The molecular formula is C18H17N3O2. The van der Waals surface area contributed by atoms with Crippen molar-refractivity contribution >= 4 is 16.9 Å². The van der Waals surface area contributed by atoms with Crippen LogP contribution >= 0.6 is 0 Å². The molecule has 2 N–H and O–H groups in total. The second kappa shape index (κ2) is 5.43. The molecular weight excluding hydrogens is 290 g/mol. The van der Waals surface area contributed by atoms with E-state index < -0.39 is 0 Å². The highest BCUT2D eigenvalue weighted by Crippen LogP contribution is 2.19. The van der Waals surface area contributed by atoms with E-state index >= 15 is 0 Å². The van der Waals surface area contributed by atoms with Crippen molar-refractivity contribution in [1.82, 2.24) is 14.9 Å². The maximum absolute atomic E-state index is 12.6. The molecule has 1 aromatic heterocycles. The van der Waals surface area contributed by atoms with Crippen molar-refractivity contribution in [2.24, 2.45) is 0 Å². The van der Waals surface area contributed by atoms with E-state index in [1.54, 1.807) is 0 Å². The average Bonchev–Trinajstić information content (AvgIpc) is 2.93. The molecule has 0 aliphatic carbocycles. The number of nitrogens with zero attached hydrogens (tertiary/aromatic N) is 1. The predicted molar refractivity (Wildman–Crippen MR) is 88.2 cm³/mol. The summed E-state index contributed by atoms with van der Waals surface area (Å²) in [5, 5.41) is 0. The van der Waals surface area contributed by atoms with Crippen LogP contribution in [0.4, 0.5) is 0 Å². The first-order valence-corrected chi connectivity index (χ1v) is 7.74. The quantitative estimate of drug-likeness (QED) is 0.760. The molecule has 0 saturated heterocycles. The highest BCUT2D eigenvalue weighted by atomic mass is 16.2. The fraction of sp³-hybridized carbons (Fsp3) is 0.222. The molecule has 0 unspecified atom stereocenters. The number of amides is 1. The number of nitrogens with one attached hydrogen (secondary N) is 2. The topological polar surface area (TPSA) is 69.0 Å². The molecule has 1 amide bonds. The fourth-order valence-electron chi connectivity index (χ4n) is 3.18. The number of carbonyl (C=O) groups excluding carboxylic acids is 1. The lowest BCUT2D eigenvalue weighted by Gasteiger charge is -2.29. The zero-order chi connectivity index (χ0) is 15.8. The average molecular weight is 307 g/mol. The second-order valence-electron chi connectivity index (χ2n) is 5.97. The van der Waals surface area contributed by atoms with Crippen LogP contribution < -0.4 is 5.69 Å². The van der Waals surface area contributed by atoms with Crippen molar-refractivity contribution in [2.75, 3.05) is 6.54 Å². The van der Waals surface area contributed by atoms with E-state index in [1.807, 2.05) is 35.2 Å². The van der Waals surface area contributed by atoms with Gasteiger partial charge >= 0.3 is 5.69 Å². The first-order chi connectivity index (χ1) is 11.2. The van der Waals surface area contributed by atoms with Gasteiger partial charge in [0.05, 0.1) is 17.5 Å². The first-order valence-electron chi connectivity index (χ1n) is 7.74. The standard InChI is InChI=1S/C18H17N3O2/c22-17(21-8-7-13-3-1-2-4-14(13)11-21)10-12-5-6-15-16(9-12)20-18(23)19-15/h1-6,9H,7-8,10-11H2,(H2,19,20,23). The Morgan fingerprint density at radius 2 is 1.83 bits per heavy atom. The van der Waals surface area contributed by atoms with Gasteiger partial charge in [-0.3, -0.25) is 4.79 Å². The normalized spacial score (nSPS) is 14.0. The van der Waals surface area contributed by atoms with Crippen LogP contribution in [0, 0.1) is 0 Å². The summed E-state index contributed by atoms with van der Waals surface area (Å²) in [6.07, 6.45) is 1.26. The van der Waals surface area contributed by atoms with Gasteiger partial charge in [0.25, 0.3) is 0 Å². The summed E-state index contributed by atoms with van der Waals surface area (Å²) >= 11 is 0. The largest absolute Gasteiger partial charge is 0.338 e. The molecule has 2 heterocycles. The van der Waals surface area contributed by atoms with Gasteiger partial charge in [0.15, 0.2) is 0 Å². The minimum absolute atomic E-state index is 0.122. The molecule has 0 spiro atoms. The highest BCUT2D eigenvalue weighted by molar-refractivity contribution is 5.81. The van der Waals surface area contributed by atoms with Gasteiger partial charge in [-0.25, -0.2) is 4.79 Å². The summed E-state index contributed by atoms with van der Waals surface area (Å²) in [6, 6.07) is 13.9. The molecule has 1 aliphatic rings. The van der Waals surface area contributed by atoms with E-state index in [9.17, 15) is 9.59 Å². The minimum Gasteiger partial charge on any atom is -0.338 e. The number of H-pyrrole nitrogens is 2. The lowest BCUT2D eigenvalue weighted by atomic mass is 9.99. The Balaban J connectivity index is 1.52. The van der Waals surface area contributed by atoms with Gasteiger partial charge in [-0.15, -0.1) is 0 Å². The number of hydrogen-bond donors (Lipinski definition) is 2. The van der Waals surface area contributed by atoms with E-state index in [0.717, 1.165) is 29.6 Å². The summed E-state index contributed by atoms with van der Waals surface area (Å²) in [7, 11) is 0. The molecule has 0 fully saturated rings. The van der Waals surface area contributed by atoms with Gasteiger partial charge in [0.1, 0.15) is 0 Å². The number of rotatable bonds is 2. The fourth-order valence-corrected chi connectivity index (χ4v) is 3.18. The molecule has 116 valence electrons. The summed E-state index contributed by atoms with van der Waals surface area (Å²) in [4.78, 5) is 31.2. The summed E-state index contributed by atoms with van der Waals surface area (Å²) < 4.78 is 0. The Morgan fingerprint density at radius 1 is 1.04 bits per heavy atom. The van der Waals surface area contributed by atoms with Gasteiger partial charge in [-0.1, -0.05) is 30.3 Å². The maximum Gasteiger partial charge on any atom is 0.323 e. The molecule has 0 atom stereocenters. The molecule has 5 nitrogen and oxygen atoms in total. The van der Waals surface area contributed by atoms with Crippen LogP contribution in [0.5, 0.6) is 0 Å². The van der Waals surface area contributed by atoms with Crippen molar-refractivity contribution in [1.29, 1.82) is 0 Å². The molecule has 0 radical (unpaired) electrons. The van der Waals surface area contributed by atoms with Crippen molar-refractivity contribution in [3.05, 3.63) is 69.6 Å².